The topological polar surface area (TPSA) is 45.2 Å². The van der Waals surface area contributed by atoms with Gasteiger partial charge in [0.15, 0.2) is 11.5 Å². The molecular weight excluding hydrogens is 352 g/mol. The zero-order chi connectivity index (χ0) is 19.8. The molecule has 0 radical (unpaired) electrons. The van der Waals surface area contributed by atoms with Gasteiger partial charge >= 0.3 is 0 Å². The first-order chi connectivity index (χ1) is 13.6. The van der Waals surface area contributed by atoms with Gasteiger partial charge in [-0.2, -0.15) is 0 Å². The number of methoxy groups -OCH3 is 1. The molecule has 28 heavy (non-hydrogen) atoms. The number of aliphatic hydroxyl groups is 1. The minimum atomic E-state index is -0.481. The van der Waals surface area contributed by atoms with Crippen LogP contribution >= 0.6 is 0 Å². The molecule has 2 aliphatic heterocycles. The van der Waals surface area contributed by atoms with Crippen molar-refractivity contribution in [1.82, 2.24) is 9.80 Å². The average molecular weight is 389 g/mol. The van der Waals surface area contributed by atoms with Crippen LogP contribution in [0.5, 0.6) is 11.5 Å². The largest absolute Gasteiger partial charge is 0.493 e. The molecule has 0 aromatic heterocycles. The Labute approximate surface area is 169 Å². The van der Waals surface area contributed by atoms with Gasteiger partial charge in [-0.25, -0.2) is 0 Å². The van der Waals surface area contributed by atoms with Crippen molar-refractivity contribution < 1.29 is 14.6 Å². The van der Waals surface area contributed by atoms with E-state index in [2.05, 4.69) is 34.9 Å². The van der Waals surface area contributed by atoms with Gasteiger partial charge in [0.05, 0.1) is 7.11 Å². The third kappa shape index (κ3) is 6.50. The van der Waals surface area contributed by atoms with Crippen LogP contribution in [-0.2, 0) is 6.54 Å². The quantitative estimate of drug-likeness (QED) is 0.691. The van der Waals surface area contributed by atoms with E-state index < -0.39 is 6.10 Å². The zero-order valence-electron chi connectivity index (χ0n) is 17.5. The first kappa shape index (κ1) is 21.2. The Balaban J connectivity index is 1.50. The van der Waals surface area contributed by atoms with Gasteiger partial charge in [0, 0.05) is 26.2 Å². The van der Waals surface area contributed by atoms with Crippen molar-refractivity contribution in [3.05, 3.63) is 35.4 Å². The van der Waals surface area contributed by atoms with Gasteiger partial charge in [0.1, 0.15) is 12.7 Å². The number of ether oxygens (including phenoxy) is 2. The van der Waals surface area contributed by atoms with Gasteiger partial charge in [0.2, 0.25) is 0 Å². The molecule has 1 fully saturated rings. The fourth-order valence-electron chi connectivity index (χ4n) is 4.00. The van der Waals surface area contributed by atoms with Crippen LogP contribution in [-0.4, -0.2) is 67.5 Å². The number of rotatable bonds is 8. The van der Waals surface area contributed by atoms with Gasteiger partial charge in [0.25, 0.3) is 0 Å². The highest BCUT2D eigenvalue weighted by atomic mass is 16.5. The smallest absolute Gasteiger partial charge is 0.161 e. The molecule has 1 N–H and O–H groups in total. The maximum Gasteiger partial charge on any atom is 0.161 e. The summed E-state index contributed by atoms with van der Waals surface area (Å²) in [5, 5.41) is 10.4. The Bertz CT molecular complexity index is 639. The molecule has 0 unspecified atom stereocenters. The molecule has 1 atom stereocenters. The molecule has 2 heterocycles. The van der Waals surface area contributed by atoms with Gasteiger partial charge in [-0.05, 0) is 57.0 Å². The van der Waals surface area contributed by atoms with Crippen LogP contribution in [0.3, 0.4) is 0 Å². The molecule has 3 rings (SSSR count). The molecular formula is C23H36N2O3. The number of hydrogen-bond donors (Lipinski definition) is 1. The molecule has 0 amide bonds. The molecule has 2 aliphatic rings. The van der Waals surface area contributed by atoms with Crippen LogP contribution in [0.1, 0.15) is 44.6 Å². The lowest BCUT2D eigenvalue weighted by molar-refractivity contribution is 0.0683. The Morgan fingerprint density at radius 3 is 2.50 bits per heavy atom. The van der Waals surface area contributed by atoms with Crippen molar-refractivity contribution in [3.8, 4) is 11.5 Å². The lowest BCUT2D eigenvalue weighted by Crippen LogP contribution is -2.36. The highest BCUT2D eigenvalue weighted by Crippen LogP contribution is 2.29. The van der Waals surface area contributed by atoms with Crippen LogP contribution in [0.15, 0.2) is 29.8 Å². The van der Waals surface area contributed by atoms with Crippen molar-refractivity contribution in [2.24, 2.45) is 0 Å². The molecule has 0 spiro atoms. The maximum absolute atomic E-state index is 10.4. The zero-order valence-corrected chi connectivity index (χ0v) is 17.5. The highest BCUT2D eigenvalue weighted by molar-refractivity contribution is 5.43. The standard InChI is InChI=1S/C23H36N2O3/c1-19-9-13-25(14-10-19)16-20-7-8-22(23(15-20)27-2)28-18-21(26)17-24-11-5-3-4-6-12-24/h7-9,15,21,26H,3-6,10-14,16-18H2,1-2H3/t21-/m1/s1. The van der Waals surface area contributed by atoms with Crippen molar-refractivity contribution in [2.75, 3.05) is 46.4 Å². The molecule has 0 saturated carbocycles. The van der Waals surface area contributed by atoms with Crippen LogP contribution in [0.4, 0.5) is 0 Å². The van der Waals surface area contributed by atoms with Crippen molar-refractivity contribution >= 4 is 0 Å². The third-order valence-electron chi connectivity index (χ3n) is 5.75. The number of benzene rings is 1. The second kappa shape index (κ2) is 10.8. The Hall–Kier alpha value is -1.56. The van der Waals surface area contributed by atoms with E-state index in [1.165, 1.54) is 36.8 Å². The molecule has 1 aromatic rings. The summed E-state index contributed by atoms with van der Waals surface area (Å²) in [4.78, 5) is 4.80. The normalized spacial score (nSPS) is 20.3. The van der Waals surface area contributed by atoms with E-state index in [1.54, 1.807) is 7.11 Å². The molecule has 1 saturated heterocycles. The summed E-state index contributed by atoms with van der Waals surface area (Å²) in [6.45, 7) is 8.37. The van der Waals surface area contributed by atoms with Gasteiger partial charge in [-0.1, -0.05) is 30.6 Å². The lowest BCUT2D eigenvalue weighted by Gasteiger charge is -2.25. The van der Waals surface area contributed by atoms with E-state index in [0.717, 1.165) is 44.9 Å². The Kier molecular flexibility index (Phi) is 8.19. The number of nitrogens with zero attached hydrogens (tertiary/aromatic N) is 2. The first-order valence-corrected chi connectivity index (χ1v) is 10.7. The van der Waals surface area contributed by atoms with Crippen molar-refractivity contribution in [1.29, 1.82) is 0 Å². The van der Waals surface area contributed by atoms with E-state index in [9.17, 15) is 5.11 Å². The summed E-state index contributed by atoms with van der Waals surface area (Å²) in [5.74, 6) is 1.44. The number of likely N-dealkylation sites (tertiary alicyclic amines) is 1. The van der Waals surface area contributed by atoms with E-state index in [0.29, 0.717) is 18.9 Å². The van der Waals surface area contributed by atoms with Gasteiger partial charge < -0.3 is 19.5 Å². The minimum absolute atomic E-state index is 0.294. The van der Waals surface area contributed by atoms with Crippen LogP contribution in [0.2, 0.25) is 0 Å². The number of hydrogen-bond acceptors (Lipinski definition) is 5. The molecule has 5 heteroatoms. The minimum Gasteiger partial charge on any atom is -0.493 e. The second-order valence-electron chi connectivity index (χ2n) is 8.20. The lowest BCUT2D eigenvalue weighted by atomic mass is 10.1. The van der Waals surface area contributed by atoms with E-state index >= 15 is 0 Å². The van der Waals surface area contributed by atoms with E-state index in [-0.39, 0.29) is 0 Å². The number of aliphatic hydroxyl groups excluding tert-OH is 1. The average Bonchev–Trinajstić information content (AvgIpc) is 2.97. The van der Waals surface area contributed by atoms with Crippen molar-refractivity contribution in [2.45, 2.75) is 51.7 Å². The summed E-state index contributed by atoms with van der Waals surface area (Å²) < 4.78 is 11.4. The summed E-state index contributed by atoms with van der Waals surface area (Å²) in [7, 11) is 1.67. The fraction of sp³-hybridized carbons (Fsp3) is 0.652. The van der Waals surface area contributed by atoms with Crippen LogP contribution in [0.25, 0.3) is 0 Å². The van der Waals surface area contributed by atoms with Gasteiger partial charge in [-0.3, -0.25) is 4.90 Å². The summed E-state index contributed by atoms with van der Waals surface area (Å²) in [6.07, 6.45) is 8.05. The van der Waals surface area contributed by atoms with Gasteiger partial charge in [-0.15, -0.1) is 0 Å². The highest BCUT2D eigenvalue weighted by Gasteiger charge is 2.16. The Morgan fingerprint density at radius 2 is 1.82 bits per heavy atom. The summed E-state index contributed by atoms with van der Waals surface area (Å²) >= 11 is 0. The molecule has 0 bridgehead atoms. The summed E-state index contributed by atoms with van der Waals surface area (Å²) in [6, 6.07) is 6.13. The Morgan fingerprint density at radius 1 is 1.04 bits per heavy atom. The van der Waals surface area contributed by atoms with Crippen molar-refractivity contribution in [3.63, 3.8) is 0 Å². The third-order valence-corrected chi connectivity index (χ3v) is 5.75. The summed E-state index contributed by atoms with van der Waals surface area (Å²) in [5.41, 5.74) is 2.71. The van der Waals surface area contributed by atoms with Crippen LogP contribution in [0, 0.1) is 0 Å². The predicted molar refractivity (Wildman–Crippen MR) is 113 cm³/mol. The molecule has 1 aromatic carbocycles. The van der Waals surface area contributed by atoms with E-state index in [1.807, 2.05) is 6.07 Å². The SMILES string of the molecule is COc1cc(CN2CC=C(C)CC2)ccc1OC[C@H](O)CN1CCCCCC1. The molecule has 156 valence electrons. The second-order valence-corrected chi connectivity index (χ2v) is 8.20. The fourth-order valence-corrected chi connectivity index (χ4v) is 4.00. The predicted octanol–water partition coefficient (Wildman–Crippen LogP) is 3.46. The molecule has 0 aliphatic carbocycles. The monoisotopic (exact) mass is 388 g/mol. The van der Waals surface area contributed by atoms with Crippen LogP contribution < -0.4 is 9.47 Å². The maximum atomic E-state index is 10.4. The van der Waals surface area contributed by atoms with E-state index in [4.69, 9.17) is 9.47 Å². The molecule has 5 nitrogen and oxygen atoms in total. The number of β-amino-alcohol motifs (C(OH)–C–C–N with tert-alkyl or cyclic N) is 1. The first-order valence-electron chi connectivity index (χ1n) is 10.7.